The lowest BCUT2D eigenvalue weighted by Crippen LogP contribution is -2.42. The molecule has 0 saturated carbocycles. The van der Waals surface area contributed by atoms with E-state index in [1.54, 1.807) is 23.7 Å². The van der Waals surface area contributed by atoms with Crippen LogP contribution in [0.4, 0.5) is 10.5 Å². The summed E-state index contributed by atoms with van der Waals surface area (Å²) in [4.78, 5) is 38.8. The first kappa shape index (κ1) is 29.6. The van der Waals surface area contributed by atoms with Crippen molar-refractivity contribution in [2.45, 2.75) is 57.5 Å². The number of thiophene rings is 1. The Morgan fingerprint density at radius 1 is 1.00 bits per heavy atom. The number of likely N-dealkylation sites (tertiary alicyclic amines) is 1. The highest BCUT2D eigenvalue weighted by Gasteiger charge is 2.36. The Hall–Kier alpha value is -3.88. The van der Waals surface area contributed by atoms with E-state index < -0.39 is 11.7 Å². The number of nitrogens with one attached hydrogen (secondary N) is 1. The number of carbonyl (C=O) groups excluding carboxylic acids is 2. The molecule has 1 aliphatic heterocycles. The molecule has 0 unspecified atom stereocenters. The number of hydrogen-bond donors (Lipinski definition) is 1. The van der Waals surface area contributed by atoms with Crippen LogP contribution in [0, 0.1) is 0 Å². The second-order valence-corrected chi connectivity index (χ2v) is 13.0. The first-order valence-electron chi connectivity index (χ1n) is 14.4. The van der Waals surface area contributed by atoms with Gasteiger partial charge in [0.1, 0.15) is 11.4 Å². The fourth-order valence-electron chi connectivity index (χ4n) is 5.45. The number of nitrogens with zero attached hydrogens (tertiary/aromatic N) is 3. The average molecular weight is 583 g/mol. The van der Waals surface area contributed by atoms with Crippen LogP contribution in [0.1, 0.15) is 60.9 Å². The van der Waals surface area contributed by atoms with Crippen molar-refractivity contribution >= 4 is 28.9 Å². The zero-order valence-corrected chi connectivity index (χ0v) is 25.5. The molecule has 1 aliphatic rings. The Bertz CT molecular complexity index is 1500. The number of carbonyl (C=O) groups is 2. The predicted octanol–water partition coefficient (Wildman–Crippen LogP) is 7.18. The highest BCUT2D eigenvalue weighted by molar-refractivity contribution is 7.13. The van der Waals surface area contributed by atoms with Crippen molar-refractivity contribution in [1.29, 1.82) is 0 Å². The first-order valence-corrected chi connectivity index (χ1v) is 15.2. The minimum absolute atomic E-state index is 0.0240. The molecule has 4 aromatic rings. The Labute approximate surface area is 252 Å². The summed E-state index contributed by atoms with van der Waals surface area (Å²) in [5.74, 6) is 0.626. The fourth-order valence-corrected chi connectivity index (χ4v) is 6.17. The molecule has 218 valence electrons. The van der Waals surface area contributed by atoms with E-state index in [4.69, 9.17) is 4.74 Å². The van der Waals surface area contributed by atoms with E-state index in [2.05, 4.69) is 51.5 Å². The summed E-state index contributed by atoms with van der Waals surface area (Å²) in [6.45, 7) is 7.49. The Kier molecular flexibility index (Phi) is 8.85. The maximum absolute atomic E-state index is 13.5. The average Bonchev–Trinajstić information content (AvgIpc) is 3.50. The lowest BCUT2D eigenvalue weighted by molar-refractivity contribution is 0.0635. The number of benzene rings is 2. The summed E-state index contributed by atoms with van der Waals surface area (Å²) in [5.41, 5.74) is 3.33. The molecule has 0 radical (unpaired) electrons. The van der Waals surface area contributed by atoms with Crippen LogP contribution in [0.3, 0.4) is 0 Å². The minimum atomic E-state index is -0.636. The summed E-state index contributed by atoms with van der Waals surface area (Å²) in [7, 11) is 2.16. The van der Waals surface area contributed by atoms with Crippen molar-refractivity contribution < 1.29 is 14.3 Å². The summed E-state index contributed by atoms with van der Waals surface area (Å²) in [6, 6.07) is 20.4. The van der Waals surface area contributed by atoms with Gasteiger partial charge in [0, 0.05) is 41.2 Å². The van der Waals surface area contributed by atoms with Crippen LogP contribution in [-0.4, -0.2) is 52.5 Å². The number of Topliss-reactive ketones (excluding diaryl/α,β-unsaturated/α-hetero) is 1. The summed E-state index contributed by atoms with van der Waals surface area (Å²) < 4.78 is 5.45. The van der Waals surface area contributed by atoms with Crippen molar-refractivity contribution in [3.05, 3.63) is 101 Å². The van der Waals surface area contributed by atoms with Gasteiger partial charge in [-0.05, 0) is 94.0 Å². The van der Waals surface area contributed by atoms with Gasteiger partial charge in [-0.3, -0.25) is 10.1 Å². The van der Waals surface area contributed by atoms with Crippen LogP contribution in [0.15, 0.2) is 78.4 Å². The number of anilines is 1. The summed E-state index contributed by atoms with van der Waals surface area (Å²) in [6.07, 6.45) is 5.61. The monoisotopic (exact) mass is 582 g/mol. The van der Waals surface area contributed by atoms with Crippen LogP contribution in [-0.2, 0) is 23.0 Å². The van der Waals surface area contributed by atoms with Gasteiger partial charge in [-0.1, -0.05) is 42.5 Å². The summed E-state index contributed by atoms with van der Waals surface area (Å²) >= 11 is 1.62. The van der Waals surface area contributed by atoms with Gasteiger partial charge in [0.2, 0.25) is 0 Å². The van der Waals surface area contributed by atoms with Crippen LogP contribution in [0.5, 0.6) is 0 Å². The number of hydrogen-bond acceptors (Lipinski definition) is 7. The number of aromatic nitrogens is 2. The Morgan fingerprint density at radius 2 is 1.71 bits per heavy atom. The lowest BCUT2D eigenvalue weighted by Gasteiger charge is -2.41. The van der Waals surface area contributed by atoms with Crippen molar-refractivity contribution in [2.24, 2.45) is 0 Å². The van der Waals surface area contributed by atoms with E-state index in [1.165, 1.54) is 5.56 Å². The quantitative estimate of drug-likeness (QED) is 0.222. The number of amides is 1. The van der Waals surface area contributed by atoms with Gasteiger partial charge in [-0.2, -0.15) is 0 Å². The molecule has 1 N–H and O–H groups in total. The van der Waals surface area contributed by atoms with Gasteiger partial charge in [-0.25, -0.2) is 14.8 Å². The maximum atomic E-state index is 13.5. The summed E-state index contributed by atoms with van der Waals surface area (Å²) in [5, 5.41) is 4.84. The van der Waals surface area contributed by atoms with Crippen LogP contribution in [0.2, 0.25) is 0 Å². The second-order valence-electron chi connectivity index (χ2n) is 12.1. The van der Waals surface area contributed by atoms with Crippen molar-refractivity contribution in [3.63, 3.8) is 0 Å². The molecule has 0 bridgehead atoms. The third kappa shape index (κ3) is 7.30. The molecule has 1 fully saturated rings. The number of ketones is 1. The number of rotatable bonds is 8. The Morgan fingerprint density at radius 3 is 2.36 bits per heavy atom. The number of piperidine rings is 1. The molecule has 0 aliphatic carbocycles. The van der Waals surface area contributed by atoms with Gasteiger partial charge in [0.05, 0.1) is 5.56 Å². The zero-order valence-electron chi connectivity index (χ0n) is 24.7. The van der Waals surface area contributed by atoms with Gasteiger partial charge in [-0.15, -0.1) is 11.3 Å². The number of ether oxygens (including phenoxy) is 1. The van der Waals surface area contributed by atoms with E-state index >= 15 is 0 Å². The lowest BCUT2D eigenvalue weighted by atomic mass is 9.70. The van der Waals surface area contributed by atoms with E-state index in [9.17, 15) is 9.59 Å². The van der Waals surface area contributed by atoms with Crippen LogP contribution in [0.25, 0.3) is 10.4 Å². The van der Waals surface area contributed by atoms with E-state index in [0.717, 1.165) is 48.6 Å². The van der Waals surface area contributed by atoms with Gasteiger partial charge < -0.3 is 9.64 Å². The van der Waals surface area contributed by atoms with Gasteiger partial charge in [0.25, 0.3) is 0 Å². The van der Waals surface area contributed by atoms with Crippen LogP contribution < -0.4 is 5.32 Å². The normalized spacial score (nSPS) is 15.2. The predicted molar refractivity (Wildman–Crippen MR) is 168 cm³/mol. The molecule has 7 nitrogen and oxygen atoms in total. The smallest absolute Gasteiger partial charge is 0.412 e. The van der Waals surface area contributed by atoms with Crippen LogP contribution >= 0.6 is 11.3 Å². The van der Waals surface area contributed by atoms with Gasteiger partial charge >= 0.3 is 6.09 Å². The Balaban J connectivity index is 1.35. The zero-order chi connectivity index (χ0) is 29.7. The highest BCUT2D eigenvalue weighted by atomic mass is 32.1. The van der Waals surface area contributed by atoms with E-state index in [0.29, 0.717) is 16.8 Å². The molecule has 2 aromatic carbocycles. The molecule has 0 atom stereocenters. The molecular formula is C34H38N4O3S. The highest BCUT2D eigenvalue weighted by Crippen LogP contribution is 2.38. The second kappa shape index (κ2) is 12.5. The maximum Gasteiger partial charge on any atom is 0.412 e. The topological polar surface area (TPSA) is 84.4 Å². The molecule has 3 heterocycles. The third-order valence-corrected chi connectivity index (χ3v) is 8.67. The molecule has 1 amide bonds. The molecule has 42 heavy (non-hydrogen) atoms. The van der Waals surface area contributed by atoms with E-state index in [-0.39, 0.29) is 17.6 Å². The molecule has 0 spiro atoms. The first-order chi connectivity index (χ1) is 20.1. The molecule has 2 aromatic heterocycles. The molecule has 1 saturated heterocycles. The van der Waals surface area contributed by atoms with Crippen molar-refractivity contribution in [2.75, 3.05) is 25.5 Å². The molecule has 5 rings (SSSR count). The largest absolute Gasteiger partial charge is 0.444 e. The van der Waals surface area contributed by atoms with Crippen molar-refractivity contribution in [3.8, 4) is 10.4 Å². The fraction of sp³-hybridized carbons (Fsp3) is 0.353. The molecular weight excluding hydrogens is 544 g/mol. The third-order valence-electron chi connectivity index (χ3n) is 7.75. The van der Waals surface area contributed by atoms with Gasteiger partial charge in [0.15, 0.2) is 5.78 Å². The van der Waals surface area contributed by atoms with E-state index in [1.807, 2.05) is 62.5 Å². The van der Waals surface area contributed by atoms with Crippen molar-refractivity contribution in [1.82, 2.24) is 14.9 Å². The minimum Gasteiger partial charge on any atom is -0.444 e. The standard InChI is InChI=1S/C34H38N4O3S/c1-33(2,3)41-32(40)37-28-13-12-24(30-11-8-18-42-30)19-25(28)20-29(39)26-22-35-31(36-23-26)21-34(14-16-38(4)17-15-34)27-9-6-5-7-10-27/h5-13,18-19,22-23H,14-17,20-21H2,1-4H3,(H,37,40). The molecule has 8 heteroatoms. The SMILES string of the molecule is CN1CCC(Cc2ncc(C(=O)Cc3cc(-c4cccs4)ccc3NC(=O)OC(C)(C)C)cn2)(c2ccccc2)CC1.